The zero-order valence-electron chi connectivity index (χ0n) is 15.5. The number of carbonyl (C=O) groups is 3. The van der Waals surface area contributed by atoms with Crippen LogP contribution in [-0.2, 0) is 4.79 Å². The molecule has 0 spiro atoms. The Labute approximate surface area is 171 Å². The highest BCUT2D eigenvalue weighted by Gasteiger charge is 1.97. The molecule has 0 unspecified atom stereocenters. The molecule has 0 radical (unpaired) electrons. The molecule has 0 heterocycles. The van der Waals surface area contributed by atoms with Crippen LogP contribution in [-0.4, -0.2) is 49.0 Å². The second-order valence-electron chi connectivity index (χ2n) is 5.16. The van der Waals surface area contributed by atoms with Crippen molar-refractivity contribution in [3.63, 3.8) is 0 Å². The van der Waals surface area contributed by atoms with Gasteiger partial charge < -0.3 is 30.6 Å². The number of hydrogen-bond acceptors (Lipinski definition) is 6. The minimum absolute atomic E-state index is 0.146. The Balaban J connectivity index is 0.000000394. The second kappa shape index (κ2) is 14.5. The first-order valence-corrected chi connectivity index (χ1v) is 8.07. The van der Waals surface area contributed by atoms with Gasteiger partial charge in [0.1, 0.15) is 17.2 Å². The van der Waals surface area contributed by atoms with Gasteiger partial charge in [-0.15, -0.1) is 0 Å². The number of benzene rings is 3. The summed E-state index contributed by atoms with van der Waals surface area (Å²) in [6, 6.07) is 20.0. The number of aromatic carboxylic acids is 2. The van der Waals surface area contributed by atoms with E-state index in [0.717, 1.165) is 18.2 Å². The van der Waals surface area contributed by atoms with Gasteiger partial charge in [-0.2, -0.15) is 0 Å². The summed E-state index contributed by atoms with van der Waals surface area (Å²) in [5.74, 6) is -2.20. The van der Waals surface area contributed by atoms with Gasteiger partial charge in [0.05, 0.1) is 11.1 Å². The third-order valence-electron chi connectivity index (χ3n) is 2.93. The van der Waals surface area contributed by atoms with Crippen molar-refractivity contribution in [3.8, 4) is 17.2 Å². The van der Waals surface area contributed by atoms with E-state index in [1.54, 1.807) is 60.7 Å². The zero-order chi connectivity index (χ0) is 22.9. The molecule has 3 rings (SSSR count). The van der Waals surface area contributed by atoms with Gasteiger partial charge in [0.25, 0.3) is 6.47 Å². The Hall–Kier alpha value is -4.53. The normalized spacial score (nSPS) is 8.53. The van der Waals surface area contributed by atoms with E-state index < -0.39 is 11.9 Å². The lowest BCUT2D eigenvalue weighted by atomic mass is 10.2. The third-order valence-corrected chi connectivity index (χ3v) is 2.93. The van der Waals surface area contributed by atoms with E-state index >= 15 is 0 Å². The lowest BCUT2D eigenvalue weighted by Gasteiger charge is -1.94. The van der Waals surface area contributed by atoms with E-state index in [1.165, 1.54) is 0 Å². The molecule has 0 aromatic heterocycles. The van der Waals surface area contributed by atoms with Crippen LogP contribution < -0.4 is 0 Å². The van der Waals surface area contributed by atoms with Crippen LogP contribution in [0, 0.1) is 0 Å². The van der Waals surface area contributed by atoms with E-state index in [1.807, 2.05) is 0 Å². The van der Waals surface area contributed by atoms with Crippen molar-refractivity contribution in [2.24, 2.45) is 0 Å². The Morgan fingerprint density at radius 1 is 0.600 bits per heavy atom. The molecular formula is C21H20O9. The smallest absolute Gasteiger partial charge is 0.335 e. The van der Waals surface area contributed by atoms with E-state index in [2.05, 4.69) is 0 Å². The van der Waals surface area contributed by atoms with Crippen LogP contribution in [0.25, 0.3) is 0 Å². The van der Waals surface area contributed by atoms with Crippen molar-refractivity contribution in [3.05, 3.63) is 90.0 Å². The first kappa shape index (κ1) is 25.5. The fourth-order valence-corrected chi connectivity index (χ4v) is 1.74. The summed E-state index contributed by atoms with van der Waals surface area (Å²) >= 11 is 0. The molecule has 0 aliphatic carbocycles. The van der Waals surface area contributed by atoms with Crippen molar-refractivity contribution in [1.82, 2.24) is 0 Å². The summed E-state index contributed by atoms with van der Waals surface area (Å²) in [6.07, 6.45) is 0. The molecule has 3 aromatic carbocycles. The topological polar surface area (TPSA) is 173 Å². The number of hydrogen-bond donors (Lipinski definition) is 6. The van der Waals surface area contributed by atoms with Crippen LogP contribution >= 0.6 is 0 Å². The molecule has 0 saturated carbocycles. The fourth-order valence-electron chi connectivity index (χ4n) is 1.74. The Kier molecular flexibility index (Phi) is 12.3. The standard InChI is InChI=1S/2C7H6O2.C6H6O3.CH2O2/c2*8-7(9)6-4-2-1-3-5-6;7-4-1-5(8)3-6(9)2-4;2-1-3/h2*1-5H,(H,8,9);1-3,7-9H;1H,(H,2,3). The summed E-state index contributed by atoms with van der Waals surface area (Å²) in [6.45, 7) is -0.250. The maximum atomic E-state index is 10.2. The second-order valence-corrected chi connectivity index (χ2v) is 5.16. The van der Waals surface area contributed by atoms with Crippen LogP contribution in [0.4, 0.5) is 0 Å². The number of phenols is 3. The minimum Gasteiger partial charge on any atom is -0.508 e. The molecule has 158 valence electrons. The van der Waals surface area contributed by atoms with Gasteiger partial charge in [0.2, 0.25) is 0 Å². The monoisotopic (exact) mass is 416 g/mol. The van der Waals surface area contributed by atoms with E-state index in [-0.39, 0.29) is 23.7 Å². The van der Waals surface area contributed by atoms with Gasteiger partial charge in [-0.1, -0.05) is 36.4 Å². The Morgan fingerprint density at radius 3 is 1.00 bits per heavy atom. The molecular weight excluding hydrogens is 396 g/mol. The van der Waals surface area contributed by atoms with Gasteiger partial charge >= 0.3 is 11.9 Å². The van der Waals surface area contributed by atoms with Gasteiger partial charge in [0, 0.05) is 18.2 Å². The van der Waals surface area contributed by atoms with Gasteiger partial charge in [-0.25, -0.2) is 9.59 Å². The lowest BCUT2D eigenvalue weighted by molar-refractivity contribution is -0.122. The summed E-state index contributed by atoms with van der Waals surface area (Å²) in [7, 11) is 0. The van der Waals surface area contributed by atoms with Crippen LogP contribution in [0.15, 0.2) is 78.9 Å². The number of phenolic OH excluding ortho intramolecular Hbond substituents is 3. The minimum atomic E-state index is -0.879. The molecule has 0 amide bonds. The molecule has 0 aliphatic heterocycles. The molecule has 30 heavy (non-hydrogen) atoms. The highest BCUT2D eigenvalue weighted by molar-refractivity contribution is 5.87. The molecule has 0 saturated heterocycles. The van der Waals surface area contributed by atoms with Gasteiger partial charge in [-0.3, -0.25) is 4.79 Å². The number of rotatable bonds is 2. The van der Waals surface area contributed by atoms with E-state index in [9.17, 15) is 9.59 Å². The quantitative estimate of drug-likeness (QED) is 0.343. The summed E-state index contributed by atoms with van der Waals surface area (Å²) in [4.78, 5) is 28.8. The summed E-state index contributed by atoms with van der Waals surface area (Å²) < 4.78 is 0. The first-order valence-electron chi connectivity index (χ1n) is 8.07. The van der Waals surface area contributed by atoms with Crippen LogP contribution in [0.3, 0.4) is 0 Å². The first-order chi connectivity index (χ1) is 14.2. The number of aromatic hydroxyl groups is 3. The molecule has 6 N–H and O–H groups in total. The van der Waals surface area contributed by atoms with Crippen LogP contribution in [0.2, 0.25) is 0 Å². The predicted molar refractivity (Wildman–Crippen MR) is 107 cm³/mol. The van der Waals surface area contributed by atoms with Crippen molar-refractivity contribution in [2.75, 3.05) is 0 Å². The molecule has 0 aliphatic rings. The SMILES string of the molecule is O=C(O)c1ccccc1.O=C(O)c1ccccc1.O=CO.Oc1cc(O)cc(O)c1. The predicted octanol–water partition coefficient (Wildman–Crippen LogP) is 3.27. The Morgan fingerprint density at radius 2 is 0.833 bits per heavy atom. The molecule has 0 bridgehead atoms. The van der Waals surface area contributed by atoms with Crippen LogP contribution in [0.1, 0.15) is 20.7 Å². The van der Waals surface area contributed by atoms with Crippen LogP contribution in [0.5, 0.6) is 17.2 Å². The molecule has 9 nitrogen and oxygen atoms in total. The molecule has 0 atom stereocenters. The van der Waals surface area contributed by atoms with Crippen molar-refractivity contribution >= 4 is 18.4 Å². The van der Waals surface area contributed by atoms with Gasteiger partial charge in [0.15, 0.2) is 0 Å². The molecule has 3 aromatic rings. The Bertz CT molecular complexity index is 810. The van der Waals surface area contributed by atoms with Crippen molar-refractivity contribution < 1.29 is 45.0 Å². The number of carboxylic acid groups (broad SMARTS) is 3. The molecule has 9 heteroatoms. The lowest BCUT2D eigenvalue weighted by Crippen LogP contribution is -1.93. The largest absolute Gasteiger partial charge is 0.508 e. The fraction of sp³-hybridized carbons (Fsp3) is 0. The van der Waals surface area contributed by atoms with Crippen molar-refractivity contribution in [2.45, 2.75) is 0 Å². The maximum absolute atomic E-state index is 10.2. The third kappa shape index (κ3) is 12.0. The van der Waals surface area contributed by atoms with Gasteiger partial charge in [-0.05, 0) is 24.3 Å². The van der Waals surface area contributed by atoms with Crippen molar-refractivity contribution in [1.29, 1.82) is 0 Å². The highest BCUT2D eigenvalue weighted by Crippen LogP contribution is 2.23. The van der Waals surface area contributed by atoms with E-state index in [4.69, 9.17) is 35.4 Å². The summed E-state index contributed by atoms with van der Waals surface area (Å²) in [5.41, 5.74) is 0.662. The molecule has 0 fully saturated rings. The highest BCUT2D eigenvalue weighted by atomic mass is 16.4. The average molecular weight is 416 g/mol. The van der Waals surface area contributed by atoms with E-state index in [0.29, 0.717) is 11.1 Å². The summed E-state index contributed by atoms with van der Waals surface area (Å²) in [5, 5.41) is 49.7. The average Bonchev–Trinajstić information content (AvgIpc) is 2.70. The number of carboxylic acids is 2. The maximum Gasteiger partial charge on any atom is 0.335 e. The zero-order valence-corrected chi connectivity index (χ0v) is 15.5.